The van der Waals surface area contributed by atoms with E-state index in [1.807, 2.05) is 0 Å². The minimum atomic E-state index is -3.13. The van der Waals surface area contributed by atoms with Crippen molar-refractivity contribution in [2.75, 3.05) is 37.7 Å². The fourth-order valence-corrected chi connectivity index (χ4v) is 3.40. The van der Waals surface area contributed by atoms with E-state index in [0.717, 1.165) is 0 Å². The SMILES string of the molecule is CCP(=O)([O-])CCCNC(C)=O.CCP(=O)([O-])CCCNC(C)=O.[Ca+2]. The smallest absolute Gasteiger partial charge is 0.799 e. The van der Waals surface area contributed by atoms with Gasteiger partial charge in [0, 0.05) is 41.7 Å². The quantitative estimate of drug-likeness (QED) is 0.287. The van der Waals surface area contributed by atoms with Crippen LogP contribution in [0, 0.1) is 0 Å². The van der Waals surface area contributed by atoms with Gasteiger partial charge < -0.3 is 29.6 Å². The molecule has 0 saturated heterocycles. The van der Waals surface area contributed by atoms with Crippen LogP contribution in [0.5, 0.6) is 0 Å². The van der Waals surface area contributed by atoms with E-state index in [2.05, 4.69) is 10.6 Å². The maximum Gasteiger partial charge on any atom is 2.00 e. The maximum atomic E-state index is 11.0. The summed E-state index contributed by atoms with van der Waals surface area (Å²) in [6.07, 6.45) is 1.79. The van der Waals surface area contributed by atoms with Gasteiger partial charge in [-0.25, -0.2) is 0 Å². The summed E-state index contributed by atoms with van der Waals surface area (Å²) in [6.45, 7) is 6.98. The molecule has 2 N–H and O–H groups in total. The monoisotopic (exact) mass is 424 g/mol. The predicted octanol–water partition coefficient (Wildman–Crippen LogP) is -0.0390. The summed E-state index contributed by atoms with van der Waals surface area (Å²) in [6, 6.07) is 0. The maximum absolute atomic E-state index is 11.0. The molecule has 8 nitrogen and oxygen atoms in total. The number of amides is 2. The molecule has 0 aromatic carbocycles. The van der Waals surface area contributed by atoms with Gasteiger partial charge in [0.05, 0.1) is 0 Å². The standard InChI is InChI=1S/2C7H16NO3P.Ca/c2*1-3-12(10,11)6-4-5-8-7(2)9;/h2*3-6H2,1-2H3,(H,8,9)(H,10,11);/q;;+2/p-2. The van der Waals surface area contributed by atoms with Crippen molar-refractivity contribution in [3.05, 3.63) is 0 Å². The molecule has 0 aliphatic heterocycles. The van der Waals surface area contributed by atoms with Gasteiger partial charge in [-0.3, -0.25) is 9.59 Å². The molecule has 0 heterocycles. The largest absolute Gasteiger partial charge is 2.00 e. The topological polar surface area (TPSA) is 138 Å². The number of hydrogen-bond donors (Lipinski definition) is 2. The van der Waals surface area contributed by atoms with E-state index < -0.39 is 14.7 Å². The molecule has 0 aliphatic rings. The van der Waals surface area contributed by atoms with E-state index in [1.54, 1.807) is 13.8 Å². The molecule has 0 rings (SSSR count). The van der Waals surface area contributed by atoms with E-state index in [4.69, 9.17) is 0 Å². The van der Waals surface area contributed by atoms with Gasteiger partial charge >= 0.3 is 37.7 Å². The molecular weight excluding hydrogens is 394 g/mol. The molecule has 11 heteroatoms. The summed E-state index contributed by atoms with van der Waals surface area (Å²) in [5, 5.41) is 5.09. The van der Waals surface area contributed by atoms with Gasteiger partial charge in [-0.05, 0) is 37.5 Å². The second-order valence-electron chi connectivity index (χ2n) is 5.38. The van der Waals surface area contributed by atoms with Crippen LogP contribution >= 0.6 is 14.7 Å². The zero-order valence-electron chi connectivity index (χ0n) is 15.7. The first-order chi connectivity index (χ1) is 11.0. The zero-order valence-corrected chi connectivity index (χ0v) is 19.7. The van der Waals surface area contributed by atoms with Gasteiger partial charge in [0.25, 0.3) is 0 Å². The number of carbonyl (C=O) groups excluding carboxylic acids is 2. The van der Waals surface area contributed by atoms with Crippen LogP contribution in [-0.2, 0) is 18.7 Å². The van der Waals surface area contributed by atoms with Crippen LogP contribution in [0.3, 0.4) is 0 Å². The minimum Gasteiger partial charge on any atom is -0.799 e. The molecule has 0 radical (unpaired) electrons. The van der Waals surface area contributed by atoms with Gasteiger partial charge in [0.1, 0.15) is 0 Å². The Balaban J connectivity index is -0.000000372. The summed E-state index contributed by atoms with van der Waals surface area (Å²) in [5.41, 5.74) is 0. The molecule has 0 spiro atoms. The number of carbonyl (C=O) groups is 2. The van der Waals surface area contributed by atoms with Crippen LogP contribution < -0.4 is 20.4 Å². The van der Waals surface area contributed by atoms with Crippen molar-refractivity contribution in [2.45, 2.75) is 40.5 Å². The average molecular weight is 424 g/mol. The molecule has 2 atom stereocenters. The Bertz CT molecular complexity index is 434. The van der Waals surface area contributed by atoms with Crippen LogP contribution in [0.2, 0.25) is 0 Å². The molecule has 144 valence electrons. The van der Waals surface area contributed by atoms with Crippen LogP contribution in [0.25, 0.3) is 0 Å². The van der Waals surface area contributed by atoms with Gasteiger partial charge in [-0.2, -0.15) is 0 Å². The van der Waals surface area contributed by atoms with Crippen LogP contribution in [0.4, 0.5) is 0 Å². The Kier molecular flexibility index (Phi) is 20.3. The molecule has 0 aromatic rings. The third-order valence-corrected chi connectivity index (χ3v) is 6.99. The van der Waals surface area contributed by atoms with E-state index in [1.165, 1.54) is 13.8 Å². The first kappa shape index (κ1) is 30.3. The van der Waals surface area contributed by atoms with E-state index >= 15 is 0 Å². The summed E-state index contributed by atoms with van der Waals surface area (Å²) in [7, 11) is -6.27. The van der Waals surface area contributed by atoms with Crippen molar-refractivity contribution < 1.29 is 28.5 Å². The Hall–Kier alpha value is 0.580. The molecule has 25 heavy (non-hydrogen) atoms. The predicted molar refractivity (Wildman–Crippen MR) is 98.4 cm³/mol. The fraction of sp³-hybridized carbons (Fsp3) is 0.857. The average Bonchev–Trinajstić information content (AvgIpc) is 2.48. The summed E-state index contributed by atoms with van der Waals surface area (Å²) in [4.78, 5) is 42.7. The Morgan fingerprint density at radius 2 is 1.08 bits per heavy atom. The summed E-state index contributed by atoms with van der Waals surface area (Å²) >= 11 is 0. The molecule has 0 aliphatic carbocycles. The van der Waals surface area contributed by atoms with E-state index in [9.17, 15) is 28.5 Å². The van der Waals surface area contributed by atoms with Crippen molar-refractivity contribution in [3.8, 4) is 0 Å². The van der Waals surface area contributed by atoms with Crippen molar-refractivity contribution in [1.29, 1.82) is 0 Å². The van der Waals surface area contributed by atoms with Crippen LogP contribution in [-0.4, -0.2) is 87.3 Å². The van der Waals surface area contributed by atoms with Gasteiger partial charge in [0.15, 0.2) is 0 Å². The van der Waals surface area contributed by atoms with Crippen molar-refractivity contribution in [3.63, 3.8) is 0 Å². The molecule has 0 bridgehead atoms. The Labute approximate surface area is 180 Å². The first-order valence-corrected chi connectivity index (χ1v) is 12.0. The molecule has 0 fully saturated rings. The van der Waals surface area contributed by atoms with Crippen molar-refractivity contribution in [2.24, 2.45) is 0 Å². The fourth-order valence-electron chi connectivity index (χ4n) is 1.48. The van der Waals surface area contributed by atoms with Gasteiger partial charge in [0.2, 0.25) is 11.8 Å². The van der Waals surface area contributed by atoms with Crippen molar-refractivity contribution >= 4 is 64.3 Å². The number of rotatable bonds is 10. The molecule has 2 unspecified atom stereocenters. The zero-order chi connectivity index (χ0) is 19.2. The Morgan fingerprint density at radius 3 is 1.28 bits per heavy atom. The van der Waals surface area contributed by atoms with Gasteiger partial charge in [-0.15, -0.1) is 0 Å². The number of hydrogen-bond acceptors (Lipinski definition) is 6. The second kappa shape index (κ2) is 16.7. The van der Waals surface area contributed by atoms with Crippen LogP contribution in [0.1, 0.15) is 40.5 Å². The van der Waals surface area contributed by atoms with Gasteiger partial charge in [-0.1, -0.05) is 13.8 Å². The normalized spacial score (nSPS) is 14.6. The first-order valence-electron chi connectivity index (χ1n) is 8.02. The van der Waals surface area contributed by atoms with Crippen LogP contribution in [0.15, 0.2) is 0 Å². The third-order valence-electron chi connectivity index (χ3n) is 3.06. The minimum absolute atomic E-state index is 0. The summed E-state index contributed by atoms with van der Waals surface area (Å²) < 4.78 is 21.9. The molecule has 0 aromatic heterocycles. The second-order valence-corrected chi connectivity index (χ2v) is 10.8. The van der Waals surface area contributed by atoms with E-state index in [0.29, 0.717) is 25.9 Å². The molecule has 0 saturated carbocycles. The Morgan fingerprint density at radius 1 is 0.800 bits per heavy atom. The summed E-state index contributed by atoms with van der Waals surface area (Å²) in [5.74, 6) is -0.237. The van der Waals surface area contributed by atoms with E-state index in [-0.39, 0.29) is 74.2 Å². The molecule has 2 amide bonds. The third kappa shape index (κ3) is 24.6. The number of nitrogens with one attached hydrogen (secondary N) is 2. The van der Waals surface area contributed by atoms with Crippen molar-refractivity contribution in [1.82, 2.24) is 10.6 Å². The molecular formula is C14H30CaN2O6P2.